The monoisotopic (exact) mass is 1300 g/mol. The molecule has 4 unspecified atom stereocenters. The fourth-order valence-corrected chi connectivity index (χ4v) is 13.1. The molecule has 4 aliphatic rings. The number of aryl methyl sites for hydroxylation is 1. The molecule has 6 aromatic rings. The maximum atomic E-state index is 14.1. The second kappa shape index (κ2) is 25.3. The highest BCUT2D eigenvalue weighted by atomic mass is 31.2. The molecular weight excluding hydrogens is 1240 g/mol. The topological polar surface area (TPSA) is 544 Å². The van der Waals surface area contributed by atoms with E-state index < -0.39 is 167 Å². The van der Waals surface area contributed by atoms with Crippen molar-refractivity contribution in [2.45, 2.75) is 113 Å². The summed E-state index contributed by atoms with van der Waals surface area (Å²) in [7, 11) is -19.8. The number of anilines is 3. The fraction of sp³-hybridized carbons (Fsp3) is 0.571. The molecule has 0 amide bonds. The van der Waals surface area contributed by atoms with E-state index in [2.05, 4.69) is 44.4 Å². The van der Waals surface area contributed by atoms with E-state index in [1.54, 1.807) is 11.5 Å². The third-order valence-electron chi connectivity index (χ3n) is 13.8. The normalized spacial score (nSPS) is 28.9. The van der Waals surface area contributed by atoms with Gasteiger partial charge in [0.05, 0.1) is 45.2 Å². The van der Waals surface area contributed by atoms with Crippen LogP contribution in [0.1, 0.15) is 63.1 Å². The largest absolute Gasteiger partial charge is 0.472 e. The van der Waals surface area contributed by atoms with Crippen LogP contribution >= 0.6 is 31.3 Å². The zero-order valence-electron chi connectivity index (χ0n) is 45.1. The number of hydrogen-bond acceptors (Lipinski definition) is 30. The Kier molecular flexibility index (Phi) is 18.6. The fourth-order valence-electron chi connectivity index (χ4n) is 9.81. The molecule has 4 saturated heterocycles. The summed E-state index contributed by atoms with van der Waals surface area (Å²) in [5.74, 6) is -0.351. The molecule has 0 saturated carbocycles. The van der Waals surface area contributed by atoms with Crippen molar-refractivity contribution in [1.29, 1.82) is 0 Å². The lowest BCUT2D eigenvalue weighted by molar-refractivity contribution is -0.0666. The van der Waals surface area contributed by atoms with Gasteiger partial charge in [0.25, 0.3) is 11.1 Å². The number of rotatable bonds is 25. The van der Waals surface area contributed by atoms with Crippen LogP contribution in [0.25, 0.3) is 22.3 Å². The molecule has 470 valence electrons. The van der Waals surface area contributed by atoms with Crippen molar-refractivity contribution in [2.75, 3.05) is 57.3 Å². The number of aromatic nitrogens is 12. The summed E-state index contributed by atoms with van der Waals surface area (Å²) in [6.45, 7) is -0.00593. The van der Waals surface area contributed by atoms with Crippen LogP contribution in [0.3, 0.4) is 0 Å². The minimum absolute atomic E-state index is 0.0754. The minimum atomic E-state index is -5.43. The number of phosphoric acid groups is 4. The molecule has 44 heteroatoms. The van der Waals surface area contributed by atoms with E-state index in [9.17, 15) is 57.0 Å². The van der Waals surface area contributed by atoms with Crippen LogP contribution in [-0.2, 0) is 78.1 Å². The number of nitrogens with two attached hydrogens (primary N) is 3. The predicted molar refractivity (Wildman–Crippen MR) is 286 cm³/mol. The van der Waals surface area contributed by atoms with Gasteiger partial charge < -0.3 is 60.5 Å². The molecule has 10 rings (SSSR count). The van der Waals surface area contributed by atoms with Gasteiger partial charge >= 0.3 is 42.7 Å². The van der Waals surface area contributed by atoms with Crippen LogP contribution in [0.15, 0.2) is 56.6 Å². The lowest BCUT2D eigenvalue weighted by Crippen LogP contribution is -2.33. The van der Waals surface area contributed by atoms with E-state index >= 15 is 0 Å². The van der Waals surface area contributed by atoms with Crippen LogP contribution in [0, 0.1) is 6.92 Å². The van der Waals surface area contributed by atoms with Crippen molar-refractivity contribution in [3.63, 3.8) is 0 Å². The molecule has 0 radical (unpaired) electrons. The van der Waals surface area contributed by atoms with Gasteiger partial charge in [0, 0.05) is 57.4 Å². The van der Waals surface area contributed by atoms with Gasteiger partial charge in [0.15, 0.2) is 22.6 Å². The third-order valence-corrected chi connectivity index (χ3v) is 17.8. The van der Waals surface area contributed by atoms with Crippen LogP contribution in [0.4, 0.5) is 17.6 Å². The minimum Gasteiger partial charge on any atom is -0.383 e. The van der Waals surface area contributed by atoms with E-state index in [-0.39, 0.29) is 53.8 Å². The Morgan fingerprint density at radius 1 is 0.605 bits per heavy atom. The van der Waals surface area contributed by atoms with E-state index in [1.807, 2.05) is 0 Å². The number of phosphoric ester groups is 4. The molecule has 6 aromatic heterocycles. The van der Waals surface area contributed by atoms with Crippen LogP contribution < -0.4 is 39.7 Å². The van der Waals surface area contributed by atoms with Crippen molar-refractivity contribution in [3.8, 4) is 0 Å². The average molecular weight is 1300 g/mol. The zero-order chi connectivity index (χ0) is 61.6. The maximum Gasteiger partial charge on any atom is 0.472 e. The van der Waals surface area contributed by atoms with E-state index in [1.165, 1.54) is 36.4 Å². The van der Waals surface area contributed by atoms with Gasteiger partial charge in [-0.15, -0.1) is 0 Å². The first-order valence-electron chi connectivity index (χ1n) is 25.7. The van der Waals surface area contributed by atoms with Gasteiger partial charge in [-0.25, -0.2) is 47.8 Å². The summed E-state index contributed by atoms with van der Waals surface area (Å²) in [6, 6.07) is 1.23. The number of H-pyrrole nitrogens is 2. The zero-order valence-corrected chi connectivity index (χ0v) is 48.7. The maximum absolute atomic E-state index is 14.1. The number of hydrogen-bond donors (Lipinski definition) is 9. The molecule has 0 bridgehead atoms. The first kappa shape index (κ1) is 63.1. The highest BCUT2D eigenvalue weighted by Crippen LogP contribution is 2.54. The van der Waals surface area contributed by atoms with Gasteiger partial charge in [-0.3, -0.25) is 74.0 Å². The van der Waals surface area contributed by atoms with Crippen molar-refractivity contribution >= 4 is 71.2 Å². The number of ether oxygens (including phenoxy) is 5. The predicted octanol–water partition coefficient (Wildman–Crippen LogP) is -0.353. The van der Waals surface area contributed by atoms with Crippen molar-refractivity contribution in [1.82, 2.24) is 58.1 Å². The Morgan fingerprint density at radius 3 is 1.60 bits per heavy atom. The summed E-state index contributed by atoms with van der Waals surface area (Å²) < 4.78 is 131. The SMILES string of the molecule is CCO[C@@H]1C[C@H](n2cnc3c(N)ncnc32)O[C@@H]1COP(=O)(O)O[C@@H]1C[C@H](n2cnc3c(=O)[nH]c(N)nc32)O[C@@H]1COP(=O)(O)O[C@@H]1C[C@H](n2ccc(N)nc2=O)O[C@@H]1COP(=O)(O)O[C@@H]1C[C@H](n2cc(C)c(=O)[nH]c2=O)O[C@@H]1COP(=O)(O)OC. The van der Waals surface area contributed by atoms with E-state index in [4.69, 9.17) is 72.6 Å². The lowest BCUT2D eigenvalue weighted by Gasteiger charge is -2.25. The summed E-state index contributed by atoms with van der Waals surface area (Å²) in [5, 5.41) is 0. The van der Waals surface area contributed by atoms with Gasteiger partial charge in [0.2, 0.25) is 5.95 Å². The van der Waals surface area contributed by atoms with Crippen molar-refractivity contribution < 1.29 is 97.7 Å². The molecule has 40 nitrogen and oxygen atoms in total. The molecule has 0 spiro atoms. The van der Waals surface area contributed by atoms with Crippen LogP contribution in [0.5, 0.6) is 0 Å². The highest BCUT2D eigenvalue weighted by molar-refractivity contribution is 7.48. The highest BCUT2D eigenvalue weighted by Gasteiger charge is 2.49. The quantitative estimate of drug-likeness (QED) is 0.0331. The Hall–Kier alpha value is -5.90. The number of nitrogens with zero attached hydrogens (tertiary/aromatic N) is 10. The Bertz CT molecular complexity index is 3920. The number of fused-ring (bicyclic) bond motifs is 2. The Labute approximate surface area is 481 Å². The van der Waals surface area contributed by atoms with E-state index in [0.717, 1.165) is 28.8 Å². The van der Waals surface area contributed by atoms with Crippen molar-refractivity contribution in [2.24, 2.45) is 0 Å². The second-order valence-corrected chi connectivity index (χ2v) is 25.3. The Morgan fingerprint density at radius 2 is 1.08 bits per heavy atom. The smallest absolute Gasteiger partial charge is 0.383 e. The molecule has 4 fully saturated rings. The second-order valence-electron chi connectivity index (χ2n) is 19.5. The molecule has 16 atom stereocenters. The molecule has 0 aromatic carbocycles. The number of imidazole rings is 2. The summed E-state index contributed by atoms with van der Waals surface area (Å²) in [4.78, 5) is 123. The molecule has 86 heavy (non-hydrogen) atoms. The number of nitrogen functional groups attached to an aromatic ring is 3. The molecule has 10 heterocycles. The third kappa shape index (κ3) is 14.3. The van der Waals surface area contributed by atoms with Crippen molar-refractivity contribution in [3.05, 3.63) is 84.7 Å². The van der Waals surface area contributed by atoms with Crippen LogP contribution in [-0.4, -0.2) is 167 Å². The molecular formula is C42H57N15O25P4. The number of nitrogens with one attached hydrogen (secondary N) is 2. The van der Waals surface area contributed by atoms with Gasteiger partial charge in [-0.05, 0) is 19.9 Å². The lowest BCUT2D eigenvalue weighted by atomic mass is 10.2. The van der Waals surface area contributed by atoms with Gasteiger partial charge in [0.1, 0.15) is 85.3 Å². The average Bonchev–Trinajstić information content (AvgIpc) is 2.62. The molecule has 0 aliphatic carbocycles. The Balaban J connectivity index is 0.844. The summed E-state index contributed by atoms with van der Waals surface area (Å²) in [6.07, 6.45) is -10.6. The summed E-state index contributed by atoms with van der Waals surface area (Å²) in [5.41, 5.74) is 14.7. The summed E-state index contributed by atoms with van der Waals surface area (Å²) >= 11 is 0. The van der Waals surface area contributed by atoms with Crippen LogP contribution in [0.2, 0.25) is 0 Å². The van der Waals surface area contributed by atoms with Gasteiger partial charge in [-0.1, -0.05) is 0 Å². The molecule has 12 N–H and O–H groups in total. The van der Waals surface area contributed by atoms with Gasteiger partial charge in [-0.2, -0.15) is 9.97 Å². The van der Waals surface area contributed by atoms with E-state index in [0.29, 0.717) is 11.2 Å². The first-order chi connectivity index (χ1) is 40.7. The molecule has 4 aliphatic heterocycles. The number of aromatic amines is 2. The first-order valence-corrected chi connectivity index (χ1v) is 31.7. The standard InChI is InChI=1S/C42H57N15O25P4/c1-4-71-20-7-31(56-17-48-33-35(44)46-16-47-36(33)56)76-24(20)12-73-84(64,65)82-23-10-32(57-18-49-34-37(57)51-40(45)52-39(34)59)79-27(23)15-75-85(66,67)80-21-8-29(54-6-5-28(43)50-41(54)60)77-26(21)14-74-86(68,69)81-22-9-30(55-11-19(2)38(58)53-42(55)61)78-25(22)13-72-83(62,63)70-3/h5-6,11,16-18,20-27,29-32H,4,7-10,12-15H2,1-3H3,(H,62,63)(H,64,65)(H,66,67)(H,68,69)(H2,43,50,60)(H2,44,46,47)(H,53,58,61)(H3,45,51,52,59)/t20-,21-,22-,23-,24-,25-,26-,27-,29-,30-,31-,32-/m1/s1.